The molecule has 3 rings (SSSR count). The second-order valence-corrected chi connectivity index (χ2v) is 10.5. The zero-order valence-corrected chi connectivity index (χ0v) is 19.8. The Balaban J connectivity index is 1.74. The molecule has 0 radical (unpaired) electrons. The maximum Gasteiger partial charge on any atom is 0.242 e. The fourth-order valence-electron chi connectivity index (χ4n) is 3.60. The molecule has 1 aromatic heterocycles. The number of imidazole rings is 1. The van der Waals surface area contributed by atoms with Gasteiger partial charge in [-0.3, -0.25) is 4.79 Å². The minimum atomic E-state index is -3.55. The summed E-state index contributed by atoms with van der Waals surface area (Å²) in [6, 6.07) is 10.8. The number of aryl methyl sites for hydroxylation is 2. The van der Waals surface area contributed by atoms with Gasteiger partial charge in [-0.05, 0) is 41.8 Å². The lowest BCUT2D eigenvalue weighted by Gasteiger charge is -2.23. The summed E-state index contributed by atoms with van der Waals surface area (Å²) >= 11 is 0. The summed E-state index contributed by atoms with van der Waals surface area (Å²) in [7, 11) is 1.26. The predicted molar refractivity (Wildman–Crippen MR) is 122 cm³/mol. The number of hydrogen-bond donors (Lipinski definition) is 1. The average Bonchev–Trinajstić information content (AvgIpc) is 3.06. The normalized spacial score (nSPS) is 13.1. The number of benzene rings is 2. The van der Waals surface area contributed by atoms with Gasteiger partial charge in [-0.25, -0.2) is 22.1 Å². The summed E-state index contributed by atoms with van der Waals surface area (Å²) < 4.78 is 41.1. The number of fused-ring (bicyclic) bond motifs is 1. The van der Waals surface area contributed by atoms with Gasteiger partial charge >= 0.3 is 0 Å². The molecule has 1 unspecified atom stereocenters. The second-order valence-electron chi connectivity index (χ2n) is 8.37. The Labute approximate surface area is 188 Å². The summed E-state index contributed by atoms with van der Waals surface area (Å²) in [5.74, 6) is 0.386. The summed E-state index contributed by atoms with van der Waals surface area (Å²) in [6.07, 6.45) is 0.630. The number of rotatable bonds is 8. The fourth-order valence-corrected chi connectivity index (χ4v) is 4.52. The van der Waals surface area contributed by atoms with Gasteiger partial charge in [0.2, 0.25) is 15.9 Å². The van der Waals surface area contributed by atoms with Crippen LogP contribution in [-0.4, -0.2) is 42.3 Å². The smallest absolute Gasteiger partial charge is 0.242 e. The second kappa shape index (κ2) is 9.38. The molecule has 1 amide bonds. The Morgan fingerprint density at radius 3 is 2.41 bits per heavy atom. The van der Waals surface area contributed by atoms with Crippen molar-refractivity contribution in [1.82, 2.24) is 19.2 Å². The molecular weight excluding hydrogens is 431 g/mol. The number of sulfonamides is 1. The lowest BCUT2D eigenvalue weighted by molar-refractivity contribution is -0.122. The van der Waals surface area contributed by atoms with E-state index in [0.717, 1.165) is 15.4 Å². The molecule has 9 heteroatoms. The van der Waals surface area contributed by atoms with Crippen LogP contribution in [0.4, 0.5) is 4.39 Å². The molecule has 0 saturated heterocycles. The first-order valence-corrected chi connectivity index (χ1v) is 11.9. The molecule has 0 aliphatic heterocycles. The van der Waals surface area contributed by atoms with Crippen LogP contribution < -0.4 is 5.32 Å². The van der Waals surface area contributed by atoms with Gasteiger partial charge < -0.3 is 9.88 Å². The first-order valence-electron chi connectivity index (χ1n) is 10.4. The number of hydrogen-bond acceptors (Lipinski definition) is 4. The molecule has 0 spiro atoms. The topological polar surface area (TPSA) is 84.3 Å². The third-order valence-electron chi connectivity index (χ3n) is 5.51. The lowest BCUT2D eigenvalue weighted by Crippen LogP contribution is -2.32. The molecule has 0 aliphatic carbocycles. The molecule has 0 aliphatic rings. The highest BCUT2D eigenvalue weighted by molar-refractivity contribution is 7.89. The summed E-state index contributed by atoms with van der Waals surface area (Å²) in [6.45, 7) is 4.00. The summed E-state index contributed by atoms with van der Waals surface area (Å²) in [4.78, 5) is 17.4. The Bertz CT molecular complexity index is 1220. The van der Waals surface area contributed by atoms with Crippen LogP contribution in [0.25, 0.3) is 11.0 Å². The molecule has 7 nitrogen and oxygen atoms in total. The first kappa shape index (κ1) is 23.9. The number of aromatic nitrogens is 2. The van der Waals surface area contributed by atoms with Crippen LogP contribution in [0.15, 0.2) is 47.4 Å². The van der Waals surface area contributed by atoms with E-state index in [1.807, 2.05) is 25.5 Å². The standard InChI is InChI=1S/C23H29FN4O3S/c1-15(2)23(16-6-8-17(24)9-7-16)26-22(29)13-12-21-25-19-14-18(32(30,31)27(3)4)10-11-20(19)28(21)5/h6-11,14-15,23H,12-13H2,1-5H3,(H,26,29). The van der Waals surface area contributed by atoms with Gasteiger partial charge in [-0.15, -0.1) is 0 Å². The summed E-state index contributed by atoms with van der Waals surface area (Å²) in [5.41, 5.74) is 2.22. The Hall–Kier alpha value is -2.78. The van der Waals surface area contributed by atoms with E-state index in [1.165, 1.54) is 26.2 Å². The van der Waals surface area contributed by atoms with Gasteiger partial charge in [0, 0.05) is 34.0 Å². The van der Waals surface area contributed by atoms with Crippen LogP contribution in [0, 0.1) is 11.7 Å². The fraction of sp³-hybridized carbons (Fsp3) is 0.391. The van der Waals surface area contributed by atoms with E-state index in [9.17, 15) is 17.6 Å². The van der Waals surface area contributed by atoms with Crippen molar-refractivity contribution in [2.24, 2.45) is 13.0 Å². The highest BCUT2D eigenvalue weighted by atomic mass is 32.2. The predicted octanol–water partition coefficient (Wildman–Crippen LogP) is 3.41. The molecule has 0 saturated carbocycles. The Morgan fingerprint density at radius 2 is 1.81 bits per heavy atom. The van der Waals surface area contributed by atoms with E-state index in [0.29, 0.717) is 17.8 Å². The van der Waals surface area contributed by atoms with Crippen molar-refractivity contribution in [3.05, 3.63) is 59.7 Å². The molecule has 172 valence electrons. The van der Waals surface area contributed by atoms with Crippen molar-refractivity contribution in [2.75, 3.05) is 14.1 Å². The van der Waals surface area contributed by atoms with Crippen LogP contribution in [0.3, 0.4) is 0 Å². The number of nitrogens with one attached hydrogen (secondary N) is 1. The van der Waals surface area contributed by atoms with Gasteiger partial charge in [-0.2, -0.15) is 0 Å². The number of nitrogens with zero attached hydrogens (tertiary/aromatic N) is 3. The molecule has 0 bridgehead atoms. The first-order chi connectivity index (χ1) is 15.0. The molecule has 0 fully saturated rings. The number of halogens is 1. The van der Waals surface area contributed by atoms with Crippen LogP contribution in [0.5, 0.6) is 0 Å². The molecular formula is C23H29FN4O3S. The molecule has 1 N–H and O–H groups in total. The lowest BCUT2D eigenvalue weighted by atomic mass is 9.96. The minimum Gasteiger partial charge on any atom is -0.349 e. The van der Waals surface area contributed by atoms with Crippen molar-refractivity contribution < 1.29 is 17.6 Å². The molecule has 2 aromatic carbocycles. The quantitative estimate of drug-likeness (QED) is 0.558. The number of amides is 1. The van der Waals surface area contributed by atoms with E-state index >= 15 is 0 Å². The molecule has 1 heterocycles. The van der Waals surface area contributed by atoms with E-state index in [4.69, 9.17) is 0 Å². The van der Waals surface area contributed by atoms with Gasteiger partial charge in [0.25, 0.3) is 0 Å². The van der Waals surface area contributed by atoms with Crippen LogP contribution >= 0.6 is 0 Å². The minimum absolute atomic E-state index is 0.129. The third kappa shape index (κ3) is 4.99. The number of carbonyl (C=O) groups excluding carboxylic acids is 1. The highest BCUT2D eigenvalue weighted by Crippen LogP contribution is 2.24. The van der Waals surface area contributed by atoms with Gasteiger partial charge in [-0.1, -0.05) is 26.0 Å². The van der Waals surface area contributed by atoms with E-state index in [2.05, 4.69) is 10.3 Å². The van der Waals surface area contributed by atoms with Crippen molar-refractivity contribution in [3.8, 4) is 0 Å². The number of carbonyl (C=O) groups is 1. The van der Waals surface area contributed by atoms with E-state index in [1.54, 1.807) is 30.3 Å². The van der Waals surface area contributed by atoms with Gasteiger partial charge in [0.05, 0.1) is 22.0 Å². The van der Waals surface area contributed by atoms with Gasteiger partial charge in [0.1, 0.15) is 11.6 Å². The molecule has 1 atom stereocenters. The maximum absolute atomic E-state index is 13.2. The van der Waals surface area contributed by atoms with Crippen molar-refractivity contribution >= 4 is 27.0 Å². The SMILES string of the molecule is CC(C)C(NC(=O)CCc1nc2cc(S(=O)(=O)N(C)C)ccc2n1C)c1ccc(F)cc1. The van der Waals surface area contributed by atoms with Crippen LogP contribution in [0.1, 0.15) is 37.7 Å². The van der Waals surface area contributed by atoms with E-state index in [-0.39, 0.29) is 35.0 Å². The Morgan fingerprint density at radius 1 is 1.16 bits per heavy atom. The average molecular weight is 461 g/mol. The monoisotopic (exact) mass is 460 g/mol. The highest BCUT2D eigenvalue weighted by Gasteiger charge is 2.21. The molecule has 32 heavy (non-hydrogen) atoms. The third-order valence-corrected chi connectivity index (χ3v) is 7.32. The van der Waals surface area contributed by atoms with Crippen molar-refractivity contribution in [1.29, 1.82) is 0 Å². The van der Waals surface area contributed by atoms with Crippen LogP contribution in [0.2, 0.25) is 0 Å². The zero-order chi connectivity index (χ0) is 23.6. The zero-order valence-electron chi connectivity index (χ0n) is 19.0. The van der Waals surface area contributed by atoms with Crippen molar-refractivity contribution in [2.45, 2.75) is 37.6 Å². The molecule has 3 aromatic rings. The van der Waals surface area contributed by atoms with Crippen molar-refractivity contribution in [3.63, 3.8) is 0 Å². The summed E-state index contributed by atoms with van der Waals surface area (Å²) in [5, 5.41) is 3.03. The maximum atomic E-state index is 13.2. The Kier molecular flexibility index (Phi) is 7.00. The van der Waals surface area contributed by atoms with Gasteiger partial charge in [0.15, 0.2) is 0 Å². The largest absolute Gasteiger partial charge is 0.349 e. The van der Waals surface area contributed by atoms with Crippen LogP contribution in [-0.2, 0) is 28.3 Å². The van der Waals surface area contributed by atoms with E-state index < -0.39 is 10.0 Å².